The van der Waals surface area contributed by atoms with E-state index in [9.17, 15) is 19.2 Å². The van der Waals surface area contributed by atoms with Crippen LogP contribution in [0.2, 0.25) is 13.3 Å². The number of nitrogens with zero attached hydrogens (tertiary/aromatic N) is 1. The molecule has 0 atom stereocenters. The molecule has 8 heteroatoms. The topological polar surface area (TPSA) is 104 Å². The maximum atomic E-state index is 13.1. The standard InChI is InChI=1S/C15H13N2O5.3C4H9.Sn/c18-12-5-6-13(19)17(12)8-7-10-3-1-2-4-11(10)15(22)16-9-14(20)21;3*1-3-4-2;/h1-2,4-6H,7-9H2,(H,16,22)(H,20,21);3*1,3-4H2,2H3;. The second-order valence-corrected chi connectivity index (χ2v) is 22.5. The number of carbonyl (C=O) groups is 4. The number of aliphatic carboxylic acids is 1. The Bertz CT molecular complexity index is 904. The second-order valence-electron chi connectivity index (χ2n) is 9.41. The summed E-state index contributed by atoms with van der Waals surface area (Å²) in [6.07, 6.45) is 9.79. The van der Waals surface area contributed by atoms with E-state index < -0.39 is 36.8 Å². The third kappa shape index (κ3) is 7.92. The molecule has 1 aromatic carbocycles. The van der Waals surface area contributed by atoms with Crippen molar-refractivity contribution >= 4 is 45.6 Å². The maximum absolute atomic E-state index is 13.1. The van der Waals surface area contributed by atoms with Crippen molar-refractivity contribution in [2.24, 2.45) is 0 Å². The Morgan fingerprint density at radius 3 is 1.94 bits per heavy atom. The van der Waals surface area contributed by atoms with E-state index in [1.807, 2.05) is 6.07 Å². The number of hydrogen-bond acceptors (Lipinski definition) is 4. The monoisotopic (exact) mass is 592 g/mol. The van der Waals surface area contributed by atoms with Crippen LogP contribution < -0.4 is 8.90 Å². The van der Waals surface area contributed by atoms with Gasteiger partial charge in [-0.15, -0.1) is 0 Å². The zero-order valence-corrected chi connectivity index (χ0v) is 24.3. The Hall–Kier alpha value is -2.16. The molecule has 0 saturated carbocycles. The molecule has 2 rings (SSSR count). The Morgan fingerprint density at radius 2 is 1.46 bits per heavy atom. The summed E-state index contributed by atoms with van der Waals surface area (Å²) in [4.78, 5) is 49.8. The summed E-state index contributed by atoms with van der Waals surface area (Å²) in [6.45, 7) is 6.39. The fourth-order valence-electron chi connectivity index (χ4n) is 5.02. The molecule has 0 fully saturated rings. The average Bonchev–Trinajstić information content (AvgIpc) is 3.17. The molecular weight excluding hydrogens is 551 g/mol. The number of nitrogens with one attached hydrogen (secondary N) is 1. The third-order valence-corrected chi connectivity index (χ3v) is 22.7. The van der Waals surface area contributed by atoms with Crippen molar-refractivity contribution in [1.82, 2.24) is 10.2 Å². The number of amides is 3. The first-order valence-electron chi connectivity index (χ1n) is 13.0. The van der Waals surface area contributed by atoms with Gasteiger partial charge in [0.05, 0.1) is 0 Å². The molecule has 0 aliphatic carbocycles. The quantitative estimate of drug-likeness (QED) is 0.223. The minimum absolute atomic E-state index is 0.207. The van der Waals surface area contributed by atoms with Gasteiger partial charge in [-0.1, -0.05) is 0 Å². The fraction of sp³-hybridized carbons (Fsp3) is 0.556. The third-order valence-electron chi connectivity index (χ3n) is 6.90. The predicted molar refractivity (Wildman–Crippen MR) is 141 cm³/mol. The van der Waals surface area contributed by atoms with Crippen LogP contribution in [0.15, 0.2) is 30.4 Å². The molecule has 1 aliphatic rings. The van der Waals surface area contributed by atoms with Crippen LogP contribution in [-0.4, -0.2) is 65.2 Å². The summed E-state index contributed by atoms with van der Waals surface area (Å²) in [5, 5.41) is 11.6. The number of imide groups is 1. The molecule has 1 heterocycles. The average molecular weight is 591 g/mol. The minimum atomic E-state index is -2.98. The van der Waals surface area contributed by atoms with E-state index in [0.29, 0.717) is 12.0 Å². The number of benzene rings is 1. The second kappa shape index (κ2) is 14.4. The molecule has 1 aromatic rings. The summed E-state index contributed by atoms with van der Waals surface area (Å²) in [6, 6.07) is 5.86. The molecule has 0 radical (unpaired) electrons. The van der Waals surface area contributed by atoms with Crippen LogP contribution in [0.1, 0.15) is 75.2 Å². The Kier molecular flexibility index (Phi) is 12.0. The van der Waals surface area contributed by atoms with Gasteiger partial charge in [-0.3, -0.25) is 0 Å². The normalized spacial score (nSPS) is 13.5. The molecule has 0 bridgehead atoms. The van der Waals surface area contributed by atoms with Crippen LogP contribution >= 0.6 is 0 Å². The number of carboxylic acids is 1. The molecule has 0 spiro atoms. The van der Waals surface area contributed by atoms with E-state index in [-0.39, 0.29) is 18.4 Å². The first-order valence-corrected chi connectivity index (χ1v) is 20.4. The SMILES string of the molecule is CCC[CH2][Sn]([CH2]CCC)([CH2]CCC)[c]1cccc(C(=O)NCC(=O)O)c1CCN1C(=O)C=CC1=O. The van der Waals surface area contributed by atoms with Gasteiger partial charge in [0.25, 0.3) is 0 Å². The van der Waals surface area contributed by atoms with Gasteiger partial charge in [0.15, 0.2) is 0 Å². The van der Waals surface area contributed by atoms with E-state index in [4.69, 9.17) is 5.11 Å². The van der Waals surface area contributed by atoms with Crippen LogP contribution in [0.25, 0.3) is 0 Å². The van der Waals surface area contributed by atoms with Gasteiger partial charge in [-0.05, 0) is 0 Å². The Balaban J connectivity index is 2.58. The summed E-state index contributed by atoms with van der Waals surface area (Å²) < 4.78 is 4.94. The zero-order chi connectivity index (χ0) is 25.8. The van der Waals surface area contributed by atoms with E-state index in [0.717, 1.165) is 44.1 Å². The van der Waals surface area contributed by atoms with Gasteiger partial charge in [-0.2, -0.15) is 0 Å². The molecule has 1 aliphatic heterocycles. The van der Waals surface area contributed by atoms with Crippen molar-refractivity contribution in [3.8, 4) is 0 Å². The molecule has 3 amide bonds. The Labute approximate surface area is 213 Å². The van der Waals surface area contributed by atoms with Crippen molar-refractivity contribution in [3.63, 3.8) is 0 Å². The molecule has 2 N–H and O–H groups in total. The van der Waals surface area contributed by atoms with Crippen molar-refractivity contribution < 1.29 is 24.3 Å². The van der Waals surface area contributed by atoms with Crippen molar-refractivity contribution in [2.45, 2.75) is 79.0 Å². The van der Waals surface area contributed by atoms with Gasteiger partial charge < -0.3 is 0 Å². The molecule has 0 aromatic heterocycles. The first kappa shape index (κ1) is 29.1. The number of hydrogen-bond donors (Lipinski definition) is 2. The fourth-order valence-corrected chi connectivity index (χ4v) is 22.1. The van der Waals surface area contributed by atoms with E-state index in [2.05, 4.69) is 32.2 Å². The number of rotatable bonds is 16. The van der Waals surface area contributed by atoms with Gasteiger partial charge in [-0.25, -0.2) is 0 Å². The van der Waals surface area contributed by atoms with Crippen molar-refractivity contribution in [1.29, 1.82) is 0 Å². The van der Waals surface area contributed by atoms with Crippen LogP contribution in [0, 0.1) is 0 Å². The molecular formula is C27H40N2O5Sn. The summed E-state index contributed by atoms with van der Waals surface area (Å²) in [7, 11) is 0. The molecule has 7 nitrogen and oxygen atoms in total. The van der Waals surface area contributed by atoms with E-state index >= 15 is 0 Å². The zero-order valence-electron chi connectivity index (χ0n) is 21.4. The summed E-state index contributed by atoms with van der Waals surface area (Å²) in [5.74, 6) is -2.18. The summed E-state index contributed by atoms with van der Waals surface area (Å²) >= 11 is -2.98. The first-order chi connectivity index (χ1) is 16.8. The van der Waals surface area contributed by atoms with Gasteiger partial charge >= 0.3 is 214 Å². The van der Waals surface area contributed by atoms with Crippen LogP contribution in [-0.2, 0) is 20.8 Å². The molecule has 192 valence electrons. The van der Waals surface area contributed by atoms with Crippen LogP contribution in [0.4, 0.5) is 0 Å². The Morgan fingerprint density at radius 1 is 0.914 bits per heavy atom. The molecule has 0 saturated heterocycles. The van der Waals surface area contributed by atoms with E-state index in [1.54, 1.807) is 6.07 Å². The summed E-state index contributed by atoms with van der Waals surface area (Å²) in [5.41, 5.74) is 1.38. The molecule has 0 unspecified atom stereocenters. The van der Waals surface area contributed by atoms with E-state index in [1.165, 1.54) is 33.9 Å². The van der Waals surface area contributed by atoms with Crippen LogP contribution in [0.5, 0.6) is 0 Å². The van der Waals surface area contributed by atoms with Crippen molar-refractivity contribution in [2.75, 3.05) is 13.1 Å². The van der Waals surface area contributed by atoms with Crippen molar-refractivity contribution in [3.05, 3.63) is 41.5 Å². The van der Waals surface area contributed by atoms with Gasteiger partial charge in [0, 0.05) is 0 Å². The van der Waals surface area contributed by atoms with Crippen LogP contribution in [0.3, 0.4) is 0 Å². The number of carboxylic acid groups (broad SMARTS) is 1. The number of carbonyl (C=O) groups excluding carboxylic acids is 3. The van der Waals surface area contributed by atoms with Gasteiger partial charge in [0.2, 0.25) is 0 Å². The van der Waals surface area contributed by atoms with Gasteiger partial charge in [0.1, 0.15) is 0 Å². The molecule has 35 heavy (non-hydrogen) atoms. The number of unbranched alkanes of at least 4 members (excludes halogenated alkanes) is 3. The predicted octanol–water partition coefficient (Wildman–Crippen LogP) is 4.02.